The number of methoxy groups -OCH3 is 1. The highest BCUT2D eigenvalue weighted by molar-refractivity contribution is 7.09. The number of aromatic nitrogens is 1. The first kappa shape index (κ1) is 18.0. The molecule has 0 saturated carbocycles. The molecule has 0 spiro atoms. The molecule has 1 aliphatic rings. The van der Waals surface area contributed by atoms with Gasteiger partial charge in [0.2, 0.25) is 0 Å². The number of hydrogen-bond donors (Lipinski definition) is 1. The predicted octanol–water partition coefficient (Wildman–Crippen LogP) is 2.60. The van der Waals surface area contributed by atoms with Gasteiger partial charge in [0.1, 0.15) is 5.01 Å². The molecule has 1 aromatic heterocycles. The van der Waals surface area contributed by atoms with Crippen LogP contribution in [0.4, 0.5) is 13.2 Å². The van der Waals surface area contributed by atoms with Gasteiger partial charge in [-0.1, -0.05) is 0 Å². The van der Waals surface area contributed by atoms with Crippen LogP contribution in [0.3, 0.4) is 0 Å². The van der Waals surface area contributed by atoms with Crippen molar-refractivity contribution < 1.29 is 17.9 Å². The minimum atomic E-state index is -4.40. The van der Waals surface area contributed by atoms with E-state index in [9.17, 15) is 13.2 Å². The zero-order valence-corrected chi connectivity index (χ0v) is 14.0. The van der Waals surface area contributed by atoms with Crippen LogP contribution < -0.4 is 5.32 Å². The van der Waals surface area contributed by atoms with Crippen molar-refractivity contribution in [2.45, 2.75) is 26.1 Å². The summed E-state index contributed by atoms with van der Waals surface area (Å²) in [7, 11) is 1.68. The molecule has 23 heavy (non-hydrogen) atoms. The number of guanidine groups is 1. The van der Waals surface area contributed by atoms with Crippen molar-refractivity contribution in [2.75, 3.05) is 33.4 Å². The van der Waals surface area contributed by atoms with Gasteiger partial charge in [-0.2, -0.15) is 13.2 Å². The van der Waals surface area contributed by atoms with E-state index in [1.54, 1.807) is 7.11 Å². The van der Waals surface area contributed by atoms with Crippen LogP contribution in [0.1, 0.15) is 24.0 Å². The molecule has 1 aliphatic heterocycles. The highest BCUT2D eigenvalue weighted by Crippen LogP contribution is 2.30. The lowest BCUT2D eigenvalue weighted by Crippen LogP contribution is -2.40. The first-order valence-electron chi connectivity index (χ1n) is 7.47. The van der Waals surface area contributed by atoms with E-state index in [2.05, 4.69) is 20.2 Å². The van der Waals surface area contributed by atoms with E-state index in [-0.39, 0.29) is 6.54 Å². The third-order valence-corrected chi connectivity index (χ3v) is 4.36. The van der Waals surface area contributed by atoms with Gasteiger partial charge in [0.05, 0.1) is 13.2 Å². The average molecular weight is 350 g/mol. The zero-order chi connectivity index (χ0) is 16.9. The highest BCUT2D eigenvalue weighted by atomic mass is 32.1. The van der Waals surface area contributed by atoms with Gasteiger partial charge in [-0.05, 0) is 13.3 Å². The van der Waals surface area contributed by atoms with Gasteiger partial charge in [0.15, 0.2) is 11.7 Å². The maximum atomic E-state index is 12.6. The van der Waals surface area contributed by atoms with Crippen molar-refractivity contribution >= 4 is 17.3 Å². The minimum absolute atomic E-state index is 0.147. The summed E-state index contributed by atoms with van der Waals surface area (Å²) in [5.74, 6) is 1.18. The Balaban J connectivity index is 2.00. The molecule has 2 rings (SSSR count). The van der Waals surface area contributed by atoms with Crippen molar-refractivity contribution in [2.24, 2.45) is 10.9 Å². The Labute approximate surface area is 137 Å². The number of nitrogens with one attached hydrogen (secondary N) is 1. The van der Waals surface area contributed by atoms with Crippen molar-refractivity contribution in [3.05, 3.63) is 16.1 Å². The summed E-state index contributed by atoms with van der Waals surface area (Å²) >= 11 is 0.983. The number of likely N-dealkylation sites (tertiary alicyclic amines) is 1. The van der Waals surface area contributed by atoms with E-state index in [0.29, 0.717) is 24.1 Å². The second-order valence-corrected chi connectivity index (χ2v) is 6.29. The van der Waals surface area contributed by atoms with Gasteiger partial charge in [0, 0.05) is 38.0 Å². The molecule has 9 heteroatoms. The second kappa shape index (κ2) is 7.96. The van der Waals surface area contributed by atoms with Gasteiger partial charge >= 0.3 is 6.18 Å². The molecule has 1 saturated heterocycles. The number of hydrogen-bond acceptors (Lipinski definition) is 4. The van der Waals surface area contributed by atoms with Crippen LogP contribution in [-0.2, 0) is 17.5 Å². The summed E-state index contributed by atoms with van der Waals surface area (Å²) < 4.78 is 42.8. The van der Waals surface area contributed by atoms with Crippen molar-refractivity contribution in [3.63, 3.8) is 0 Å². The van der Waals surface area contributed by atoms with Gasteiger partial charge in [-0.3, -0.25) is 0 Å². The van der Waals surface area contributed by atoms with Gasteiger partial charge in [-0.25, -0.2) is 9.98 Å². The van der Waals surface area contributed by atoms with Crippen LogP contribution in [-0.4, -0.2) is 49.2 Å². The quantitative estimate of drug-likeness (QED) is 0.655. The van der Waals surface area contributed by atoms with Crippen molar-refractivity contribution in [1.29, 1.82) is 0 Å². The minimum Gasteiger partial charge on any atom is -0.384 e. The van der Waals surface area contributed by atoms with E-state index in [0.717, 1.165) is 42.2 Å². The molecule has 0 radical (unpaired) electrons. The summed E-state index contributed by atoms with van der Waals surface area (Å²) in [6.45, 7) is 5.22. The van der Waals surface area contributed by atoms with Gasteiger partial charge in [0.25, 0.3) is 0 Å². The molecule has 0 bridgehead atoms. The Morgan fingerprint density at radius 3 is 2.96 bits per heavy atom. The molecule has 130 valence electrons. The lowest BCUT2D eigenvalue weighted by Gasteiger charge is -2.21. The largest absolute Gasteiger partial charge is 0.434 e. The fourth-order valence-corrected chi connectivity index (χ4v) is 3.20. The molecule has 2 heterocycles. The molecule has 1 atom stereocenters. The molecule has 0 amide bonds. The van der Waals surface area contributed by atoms with Crippen LogP contribution in [0.15, 0.2) is 10.4 Å². The van der Waals surface area contributed by atoms with Gasteiger partial charge < -0.3 is 15.0 Å². The Kier molecular flexibility index (Phi) is 6.23. The molecule has 1 fully saturated rings. The number of ether oxygens (including phenoxy) is 1. The van der Waals surface area contributed by atoms with Crippen LogP contribution >= 0.6 is 11.3 Å². The van der Waals surface area contributed by atoms with Crippen LogP contribution in [0.5, 0.6) is 0 Å². The van der Waals surface area contributed by atoms with Crippen LogP contribution in [0.25, 0.3) is 0 Å². The zero-order valence-electron chi connectivity index (χ0n) is 13.2. The SMILES string of the molecule is CCNC(=NCc1nc(C(F)(F)F)cs1)N1CCC(COC)C1. The molecule has 0 aromatic carbocycles. The van der Waals surface area contributed by atoms with Crippen LogP contribution in [0, 0.1) is 5.92 Å². The number of thiazole rings is 1. The van der Waals surface area contributed by atoms with Crippen molar-refractivity contribution in [1.82, 2.24) is 15.2 Å². The van der Waals surface area contributed by atoms with Crippen molar-refractivity contribution in [3.8, 4) is 0 Å². The average Bonchev–Trinajstić information content (AvgIpc) is 3.12. The maximum absolute atomic E-state index is 12.6. The van der Waals surface area contributed by atoms with Crippen LogP contribution in [0.2, 0.25) is 0 Å². The first-order valence-corrected chi connectivity index (χ1v) is 8.35. The van der Waals surface area contributed by atoms with E-state index >= 15 is 0 Å². The Hall–Kier alpha value is -1.35. The van der Waals surface area contributed by atoms with E-state index < -0.39 is 11.9 Å². The summed E-state index contributed by atoms with van der Waals surface area (Å²) in [6, 6.07) is 0. The smallest absolute Gasteiger partial charge is 0.384 e. The molecule has 1 N–H and O–H groups in total. The predicted molar refractivity (Wildman–Crippen MR) is 83.5 cm³/mol. The summed E-state index contributed by atoms with van der Waals surface area (Å²) in [5.41, 5.74) is -0.848. The topological polar surface area (TPSA) is 49.8 Å². The summed E-state index contributed by atoms with van der Waals surface area (Å²) in [6.07, 6.45) is -3.38. The third-order valence-electron chi connectivity index (χ3n) is 3.53. The van der Waals surface area contributed by atoms with Gasteiger partial charge in [-0.15, -0.1) is 11.3 Å². The lowest BCUT2D eigenvalue weighted by molar-refractivity contribution is -0.140. The highest BCUT2D eigenvalue weighted by Gasteiger charge is 2.33. The molecule has 0 aliphatic carbocycles. The fourth-order valence-electron chi connectivity index (χ4n) is 2.48. The number of rotatable bonds is 5. The summed E-state index contributed by atoms with van der Waals surface area (Å²) in [5, 5.41) is 4.58. The maximum Gasteiger partial charge on any atom is 0.434 e. The molecular weight excluding hydrogens is 329 g/mol. The Morgan fingerprint density at radius 1 is 1.57 bits per heavy atom. The molecular formula is C14H21F3N4OS. The molecule has 1 unspecified atom stereocenters. The van der Waals surface area contributed by atoms with E-state index in [1.807, 2.05) is 6.92 Å². The Bertz CT molecular complexity index is 532. The Morgan fingerprint density at radius 2 is 2.35 bits per heavy atom. The lowest BCUT2D eigenvalue weighted by atomic mass is 10.1. The third kappa shape index (κ3) is 5.07. The molecule has 1 aromatic rings. The first-order chi connectivity index (χ1) is 10.9. The van der Waals surface area contributed by atoms with E-state index in [4.69, 9.17) is 4.74 Å². The fraction of sp³-hybridized carbons (Fsp3) is 0.714. The molecule has 5 nitrogen and oxygen atoms in total. The number of aliphatic imine (C=N–C) groups is 1. The normalized spacial score (nSPS) is 19.4. The standard InChI is InChI=1S/C14H21F3N4OS/c1-3-18-13(21-5-4-10(7-21)8-22-2)19-6-12-20-11(9-23-12)14(15,16)17/h9-10H,3-8H2,1-2H3,(H,18,19). The monoisotopic (exact) mass is 350 g/mol. The number of halogens is 3. The second-order valence-electron chi connectivity index (χ2n) is 5.35. The number of nitrogens with zero attached hydrogens (tertiary/aromatic N) is 3. The van der Waals surface area contributed by atoms with E-state index in [1.165, 1.54) is 0 Å². The summed E-state index contributed by atoms with van der Waals surface area (Å²) in [4.78, 5) is 10.1. The number of alkyl halides is 3.